The quantitative estimate of drug-likeness (QED) is 0.901. The highest BCUT2D eigenvalue weighted by Gasteiger charge is 2.25. The van der Waals surface area contributed by atoms with E-state index >= 15 is 0 Å². The Labute approximate surface area is 119 Å². The van der Waals surface area contributed by atoms with Gasteiger partial charge in [0.1, 0.15) is 6.04 Å². The van der Waals surface area contributed by atoms with Crippen LogP contribution in [0.2, 0.25) is 0 Å². The van der Waals surface area contributed by atoms with Gasteiger partial charge < -0.3 is 5.11 Å². The third-order valence-electron chi connectivity index (χ3n) is 4.05. The summed E-state index contributed by atoms with van der Waals surface area (Å²) in [4.78, 5) is 13.3. The number of hydrogen-bond acceptors (Lipinski definition) is 2. The normalized spacial score (nSPS) is 14.4. The van der Waals surface area contributed by atoms with Gasteiger partial charge in [0.05, 0.1) is 0 Å². The molecule has 2 aromatic carbocycles. The molecular formula is C17H21NO2. The molecule has 0 radical (unpaired) electrons. The van der Waals surface area contributed by atoms with E-state index in [1.165, 1.54) is 16.3 Å². The van der Waals surface area contributed by atoms with Gasteiger partial charge in [-0.05, 0) is 36.7 Å². The van der Waals surface area contributed by atoms with Gasteiger partial charge in [-0.1, -0.05) is 49.4 Å². The number of fused-ring (bicyclic) bond motifs is 1. The zero-order chi connectivity index (χ0) is 14.7. The second-order valence-corrected chi connectivity index (χ2v) is 5.17. The van der Waals surface area contributed by atoms with Crippen LogP contribution in [0.5, 0.6) is 0 Å². The first-order chi connectivity index (χ1) is 9.56. The lowest BCUT2D eigenvalue weighted by molar-refractivity contribution is -0.143. The summed E-state index contributed by atoms with van der Waals surface area (Å²) >= 11 is 0. The zero-order valence-electron chi connectivity index (χ0n) is 12.2. The third kappa shape index (κ3) is 2.68. The topological polar surface area (TPSA) is 40.5 Å². The molecule has 3 heteroatoms. The molecule has 0 aromatic heterocycles. The molecule has 2 aromatic rings. The Balaban J connectivity index is 2.40. The predicted octanol–water partition coefficient (Wildman–Crippen LogP) is 3.70. The average Bonchev–Trinajstić information content (AvgIpc) is 2.46. The molecule has 0 bridgehead atoms. The first-order valence-corrected chi connectivity index (χ1v) is 6.98. The van der Waals surface area contributed by atoms with Crippen LogP contribution in [0.4, 0.5) is 0 Å². The number of rotatable bonds is 5. The SMILES string of the molecule is CCC(C(=O)O)N(C)C(C)c1cccc2ccccc12. The van der Waals surface area contributed by atoms with Crippen LogP contribution in [0.1, 0.15) is 31.9 Å². The summed E-state index contributed by atoms with van der Waals surface area (Å²) in [6.07, 6.45) is 0.598. The van der Waals surface area contributed by atoms with E-state index in [0.717, 1.165) is 0 Å². The lowest BCUT2D eigenvalue weighted by Gasteiger charge is -2.30. The second kappa shape index (κ2) is 6.06. The van der Waals surface area contributed by atoms with Crippen molar-refractivity contribution < 1.29 is 9.90 Å². The Morgan fingerprint density at radius 3 is 2.50 bits per heavy atom. The first kappa shape index (κ1) is 14.5. The Kier molecular flexibility index (Phi) is 4.40. The van der Waals surface area contributed by atoms with Crippen LogP contribution in [0.3, 0.4) is 0 Å². The largest absolute Gasteiger partial charge is 0.480 e. The Bertz CT molecular complexity index is 603. The van der Waals surface area contributed by atoms with Crippen LogP contribution < -0.4 is 0 Å². The molecule has 20 heavy (non-hydrogen) atoms. The third-order valence-corrected chi connectivity index (χ3v) is 4.05. The fourth-order valence-corrected chi connectivity index (χ4v) is 2.74. The molecule has 0 saturated carbocycles. The first-order valence-electron chi connectivity index (χ1n) is 6.98. The van der Waals surface area contributed by atoms with E-state index in [-0.39, 0.29) is 6.04 Å². The van der Waals surface area contributed by atoms with Gasteiger partial charge in [-0.25, -0.2) is 0 Å². The molecule has 0 aliphatic heterocycles. The van der Waals surface area contributed by atoms with E-state index in [0.29, 0.717) is 6.42 Å². The van der Waals surface area contributed by atoms with Gasteiger partial charge in [0.25, 0.3) is 0 Å². The van der Waals surface area contributed by atoms with E-state index < -0.39 is 12.0 Å². The van der Waals surface area contributed by atoms with Crippen molar-refractivity contribution in [2.75, 3.05) is 7.05 Å². The maximum atomic E-state index is 11.3. The average molecular weight is 271 g/mol. The lowest BCUT2D eigenvalue weighted by Crippen LogP contribution is -2.39. The minimum absolute atomic E-state index is 0.0575. The van der Waals surface area contributed by atoms with E-state index in [4.69, 9.17) is 0 Å². The summed E-state index contributed by atoms with van der Waals surface area (Å²) < 4.78 is 0. The molecule has 1 N–H and O–H groups in total. The summed E-state index contributed by atoms with van der Waals surface area (Å²) in [6, 6.07) is 14.0. The van der Waals surface area contributed by atoms with Crippen LogP contribution in [0.15, 0.2) is 42.5 Å². The molecule has 2 unspecified atom stereocenters. The van der Waals surface area contributed by atoms with Crippen molar-refractivity contribution in [1.82, 2.24) is 4.90 Å². The molecule has 0 aliphatic carbocycles. The number of carboxylic acid groups (broad SMARTS) is 1. The Morgan fingerprint density at radius 2 is 1.85 bits per heavy atom. The van der Waals surface area contributed by atoms with Gasteiger partial charge in [-0.2, -0.15) is 0 Å². The van der Waals surface area contributed by atoms with Gasteiger partial charge in [0.2, 0.25) is 0 Å². The van der Waals surface area contributed by atoms with Gasteiger partial charge >= 0.3 is 5.97 Å². The highest BCUT2D eigenvalue weighted by molar-refractivity contribution is 5.86. The number of nitrogens with zero attached hydrogens (tertiary/aromatic N) is 1. The zero-order valence-corrected chi connectivity index (χ0v) is 12.2. The smallest absolute Gasteiger partial charge is 0.320 e. The molecule has 0 amide bonds. The highest BCUT2D eigenvalue weighted by Crippen LogP contribution is 2.28. The van der Waals surface area contributed by atoms with E-state index in [9.17, 15) is 9.90 Å². The fraction of sp³-hybridized carbons (Fsp3) is 0.353. The number of hydrogen-bond donors (Lipinski definition) is 1. The number of benzene rings is 2. The van der Waals surface area contributed by atoms with Gasteiger partial charge in [0, 0.05) is 6.04 Å². The molecular weight excluding hydrogens is 250 g/mol. The molecule has 3 nitrogen and oxygen atoms in total. The lowest BCUT2D eigenvalue weighted by atomic mass is 9.97. The number of carbonyl (C=O) groups is 1. The maximum absolute atomic E-state index is 11.3. The molecule has 2 rings (SSSR count). The van der Waals surface area contributed by atoms with Crippen molar-refractivity contribution in [1.29, 1.82) is 0 Å². The summed E-state index contributed by atoms with van der Waals surface area (Å²) in [5, 5.41) is 11.7. The monoisotopic (exact) mass is 271 g/mol. The Morgan fingerprint density at radius 1 is 1.20 bits per heavy atom. The molecule has 0 saturated heterocycles. The molecule has 0 spiro atoms. The van der Waals surface area contributed by atoms with Crippen LogP contribution in [-0.2, 0) is 4.79 Å². The molecule has 2 atom stereocenters. The minimum Gasteiger partial charge on any atom is -0.480 e. The number of likely N-dealkylation sites (N-methyl/N-ethyl adjacent to an activating group) is 1. The van der Waals surface area contributed by atoms with Crippen molar-refractivity contribution >= 4 is 16.7 Å². The Hall–Kier alpha value is -1.87. The summed E-state index contributed by atoms with van der Waals surface area (Å²) in [5.41, 5.74) is 1.17. The molecule has 0 fully saturated rings. The van der Waals surface area contributed by atoms with Gasteiger partial charge in [0.15, 0.2) is 0 Å². The van der Waals surface area contributed by atoms with Crippen molar-refractivity contribution in [3.8, 4) is 0 Å². The van der Waals surface area contributed by atoms with Crippen molar-refractivity contribution in [2.24, 2.45) is 0 Å². The summed E-state index contributed by atoms with van der Waals surface area (Å²) in [6.45, 7) is 3.97. The van der Waals surface area contributed by atoms with Crippen LogP contribution >= 0.6 is 0 Å². The highest BCUT2D eigenvalue weighted by atomic mass is 16.4. The van der Waals surface area contributed by atoms with Gasteiger partial charge in [-0.3, -0.25) is 9.69 Å². The number of carboxylic acids is 1. The van der Waals surface area contributed by atoms with E-state index in [1.54, 1.807) is 0 Å². The molecule has 0 aliphatic rings. The molecule has 106 valence electrons. The van der Waals surface area contributed by atoms with Crippen molar-refractivity contribution in [3.05, 3.63) is 48.0 Å². The van der Waals surface area contributed by atoms with Crippen LogP contribution in [-0.4, -0.2) is 29.1 Å². The second-order valence-electron chi connectivity index (χ2n) is 5.17. The van der Waals surface area contributed by atoms with Crippen LogP contribution in [0, 0.1) is 0 Å². The standard InChI is InChI=1S/C17H21NO2/c1-4-16(17(19)20)18(3)12(2)14-11-7-9-13-8-5-6-10-15(13)14/h5-12,16H,4H2,1-3H3,(H,19,20). The van der Waals surface area contributed by atoms with E-state index in [2.05, 4.69) is 31.2 Å². The fourth-order valence-electron chi connectivity index (χ4n) is 2.74. The van der Waals surface area contributed by atoms with Crippen molar-refractivity contribution in [3.63, 3.8) is 0 Å². The predicted molar refractivity (Wildman–Crippen MR) is 81.8 cm³/mol. The molecule has 0 heterocycles. The number of aliphatic carboxylic acids is 1. The summed E-state index contributed by atoms with van der Waals surface area (Å²) in [5.74, 6) is -0.762. The van der Waals surface area contributed by atoms with E-state index in [1.807, 2.05) is 37.1 Å². The summed E-state index contributed by atoms with van der Waals surface area (Å²) in [7, 11) is 1.88. The van der Waals surface area contributed by atoms with Crippen molar-refractivity contribution in [2.45, 2.75) is 32.4 Å². The van der Waals surface area contributed by atoms with Gasteiger partial charge in [-0.15, -0.1) is 0 Å². The minimum atomic E-state index is -0.762. The maximum Gasteiger partial charge on any atom is 0.320 e. The van der Waals surface area contributed by atoms with Crippen LogP contribution in [0.25, 0.3) is 10.8 Å².